The smallest absolute Gasteiger partial charge is 0.138 e. The highest BCUT2D eigenvalue weighted by atomic mass is 32.1. The van der Waals surface area contributed by atoms with Gasteiger partial charge in [-0.05, 0) is 13.0 Å². The quantitative estimate of drug-likeness (QED) is 0.706. The highest BCUT2D eigenvalue weighted by Crippen LogP contribution is 2.08. The normalized spacial score (nSPS) is 10.7. The minimum absolute atomic E-state index is 0.564. The van der Waals surface area contributed by atoms with E-state index in [0.717, 1.165) is 16.5 Å². The van der Waals surface area contributed by atoms with E-state index in [2.05, 4.69) is 35.1 Å². The largest absolute Gasteiger partial charge is 0.241 e. The Hall–Kier alpha value is -2.35. The van der Waals surface area contributed by atoms with Crippen molar-refractivity contribution in [3.63, 3.8) is 0 Å². The summed E-state index contributed by atoms with van der Waals surface area (Å²) in [5.41, 5.74) is 2.58. The van der Waals surface area contributed by atoms with Crippen LogP contribution in [0, 0.1) is 6.92 Å². The van der Waals surface area contributed by atoms with Crippen molar-refractivity contribution < 1.29 is 0 Å². The minimum atomic E-state index is 0.564. The summed E-state index contributed by atoms with van der Waals surface area (Å²) in [7, 11) is 0. The van der Waals surface area contributed by atoms with Gasteiger partial charge < -0.3 is 0 Å². The lowest BCUT2D eigenvalue weighted by Crippen LogP contribution is -2.04. The summed E-state index contributed by atoms with van der Waals surface area (Å²) in [5, 5.41) is 8.70. The van der Waals surface area contributed by atoms with Gasteiger partial charge in [-0.15, -0.1) is 21.5 Å². The molecule has 0 unspecified atom stereocenters. The second kappa shape index (κ2) is 5.74. The maximum atomic E-state index is 4.50. The molecule has 0 N–H and O–H groups in total. The van der Waals surface area contributed by atoms with Crippen molar-refractivity contribution in [3.8, 4) is 0 Å². The fourth-order valence-electron chi connectivity index (χ4n) is 1.70. The molecule has 0 aliphatic heterocycles. The van der Waals surface area contributed by atoms with E-state index in [1.54, 1.807) is 11.7 Å². The first-order chi connectivity index (χ1) is 9.79. The van der Waals surface area contributed by atoms with Crippen LogP contribution in [0.5, 0.6) is 0 Å². The molecule has 0 radical (unpaired) electrons. The molecule has 0 fully saturated rings. The van der Waals surface area contributed by atoms with E-state index in [4.69, 9.17) is 0 Å². The summed E-state index contributed by atoms with van der Waals surface area (Å²) in [6.07, 6.45) is 4.41. The Bertz CT molecular complexity index is 699. The van der Waals surface area contributed by atoms with Crippen molar-refractivity contribution in [3.05, 3.63) is 52.3 Å². The molecule has 0 aliphatic carbocycles. The molecule has 3 aromatic rings. The third kappa shape index (κ3) is 3.15. The van der Waals surface area contributed by atoms with Crippen molar-refractivity contribution in [2.75, 3.05) is 0 Å². The van der Waals surface area contributed by atoms with E-state index in [0.29, 0.717) is 24.5 Å². The Balaban J connectivity index is 1.77. The van der Waals surface area contributed by atoms with E-state index >= 15 is 0 Å². The second-order valence-corrected chi connectivity index (χ2v) is 5.02. The fraction of sp³-hybridized carbons (Fsp3) is 0.250. The van der Waals surface area contributed by atoms with Crippen LogP contribution in [-0.4, -0.2) is 35.1 Å². The average molecular weight is 285 g/mol. The zero-order valence-corrected chi connectivity index (χ0v) is 11.6. The summed E-state index contributed by atoms with van der Waals surface area (Å²) >= 11 is 1.49. The first-order valence-corrected chi connectivity index (χ1v) is 6.88. The van der Waals surface area contributed by atoms with Gasteiger partial charge in [0.15, 0.2) is 0 Å². The SMILES string of the molecule is Cc1ncnc(Cc2ccnc(Cc3nncs3)n2)n1. The van der Waals surface area contributed by atoms with Crippen LogP contribution in [0.3, 0.4) is 0 Å². The Morgan fingerprint density at radius 1 is 1.05 bits per heavy atom. The summed E-state index contributed by atoms with van der Waals surface area (Å²) in [6.45, 7) is 1.84. The lowest BCUT2D eigenvalue weighted by atomic mass is 10.2. The molecule has 8 heteroatoms. The van der Waals surface area contributed by atoms with E-state index in [1.807, 2.05) is 13.0 Å². The van der Waals surface area contributed by atoms with Gasteiger partial charge in [-0.1, -0.05) is 0 Å². The molecule has 3 aromatic heterocycles. The summed E-state index contributed by atoms with van der Waals surface area (Å²) in [4.78, 5) is 21.1. The van der Waals surface area contributed by atoms with E-state index in [1.165, 1.54) is 17.7 Å². The Kier molecular flexibility index (Phi) is 3.64. The summed E-state index contributed by atoms with van der Waals surface area (Å²) < 4.78 is 0. The van der Waals surface area contributed by atoms with Gasteiger partial charge in [0.05, 0.1) is 18.5 Å². The van der Waals surface area contributed by atoms with Crippen LogP contribution < -0.4 is 0 Å². The van der Waals surface area contributed by atoms with Gasteiger partial charge in [0.25, 0.3) is 0 Å². The van der Waals surface area contributed by atoms with Crippen molar-refractivity contribution in [2.24, 2.45) is 0 Å². The van der Waals surface area contributed by atoms with Gasteiger partial charge in [0, 0.05) is 6.20 Å². The van der Waals surface area contributed by atoms with E-state index in [-0.39, 0.29) is 0 Å². The Morgan fingerprint density at radius 3 is 2.75 bits per heavy atom. The lowest BCUT2D eigenvalue weighted by Gasteiger charge is -2.02. The predicted octanol–water partition coefficient (Wildman–Crippen LogP) is 1.00. The molecule has 0 saturated heterocycles. The van der Waals surface area contributed by atoms with Crippen LogP contribution in [0.15, 0.2) is 24.1 Å². The molecule has 20 heavy (non-hydrogen) atoms. The maximum absolute atomic E-state index is 4.50. The minimum Gasteiger partial charge on any atom is -0.241 e. The van der Waals surface area contributed by atoms with Crippen molar-refractivity contribution in [1.29, 1.82) is 0 Å². The second-order valence-electron chi connectivity index (χ2n) is 4.10. The molecule has 100 valence electrons. The monoisotopic (exact) mass is 285 g/mol. The van der Waals surface area contributed by atoms with Gasteiger partial charge in [-0.3, -0.25) is 0 Å². The van der Waals surface area contributed by atoms with Crippen LogP contribution in [0.2, 0.25) is 0 Å². The molecular weight excluding hydrogens is 274 g/mol. The highest BCUT2D eigenvalue weighted by Gasteiger charge is 2.06. The zero-order valence-electron chi connectivity index (χ0n) is 10.8. The van der Waals surface area contributed by atoms with E-state index in [9.17, 15) is 0 Å². The number of nitrogens with zero attached hydrogens (tertiary/aromatic N) is 7. The fourth-order valence-corrected chi connectivity index (χ4v) is 2.23. The number of aryl methyl sites for hydroxylation is 1. The van der Waals surface area contributed by atoms with Crippen LogP contribution in [-0.2, 0) is 12.8 Å². The predicted molar refractivity (Wildman–Crippen MR) is 72.1 cm³/mol. The van der Waals surface area contributed by atoms with Crippen LogP contribution in [0.1, 0.15) is 28.2 Å². The standard InChI is InChI=1S/C12H11N7S/c1-8-14-6-15-10(17-8)4-9-2-3-13-11(18-9)5-12-19-16-7-20-12/h2-3,6-7H,4-5H2,1H3. The van der Waals surface area contributed by atoms with Crippen LogP contribution in [0.4, 0.5) is 0 Å². The third-order valence-corrected chi connectivity index (χ3v) is 3.26. The topological polar surface area (TPSA) is 90.2 Å². The van der Waals surface area contributed by atoms with Crippen LogP contribution >= 0.6 is 11.3 Å². The molecule has 0 aliphatic rings. The van der Waals surface area contributed by atoms with Gasteiger partial charge >= 0.3 is 0 Å². The molecule has 3 rings (SSSR count). The van der Waals surface area contributed by atoms with Gasteiger partial charge in [0.2, 0.25) is 0 Å². The lowest BCUT2D eigenvalue weighted by molar-refractivity contribution is 0.840. The maximum Gasteiger partial charge on any atom is 0.138 e. The Labute approximate surface area is 119 Å². The first-order valence-electron chi connectivity index (χ1n) is 6.00. The molecule has 0 spiro atoms. The molecule has 7 nitrogen and oxygen atoms in total. The third-order valence-electron chi connectivity index (χ3n) is 2.56. The van der Waals surface area contributed by atoms with Gasteiger partial charge in [0.1, 0.15) is 34.3 Å². The summed E-state index contributed by atoms with van der Waals surface area (Å²) in [5.74, 6) is 2.14. The first kappa shape index (κ1) is 12.7. The number of rotatable bonds is 4. The number of hydrogen-bond donors (Lipinski definition) is 0. The van der Waals surface area contributed by atoms with Crippen molar-refractivity contribution >= 4 is 11.3 Å². The van der Waals surface area contributed by atoms with Crippen molar-refractivity contribution in [2.45, 2.75) is 19.8 Å². The summed E-state index contributed by atoms with van der Waals surface area (Å²) in [6, 6.07) is 1.86. The molecule has 0 amide bonds. The van der Waals surface area contributed by atoms with Crippen molar-refractivity contribution in [1.82, 2.24) is 35.1 Å². The molecule has 0 saturated carbocycles. The zero-order chi connectivity index (χ0) is 13.8. The Morgan fingerprint density at radius 2 is 1.95 bits per heavy atom. The van der Waals surface area contributed by atoms with E-state index < -0.39 is 0 Å². The molecule has 0 aromatic carbocycles. The van der Waals surface area contributed by atoms with Gasteiger partial charge in [-0.2, -0.15) is 0 Å². The molecular formula is C12H11N7S. The molecule has 0 bridgehead atoms. The number of aromatic nitrogens is 7. The molecule has 3 heterocycles. The average Bonchev–Trinajstić information content (AvgIpc) is 2.92. The molecule has 0 atom stereocenters. The van der Waals surface area contributed by atoms with Gasteiger partial charge in [-0.25, -0.2) is 24.9 Å². The van der Waals surface area contributed by atoms with Crippen LogP contribution in [0.25, 0.3) is 0 Å². The highest BCUT2D eigenvalue weighted by molar-refractivity contribution is 7.09. The number of hydrogen-bond acceptors (Lipinski definition) is 8.